The maximum atomic E-state index is 11.8. The molecule has 0 bridgehead atoms. The number of likely N-dealkylation sites (tertiary alicyclic amines) is 1. The van der Waals surface area contributed by atoms with E-state index in [1.165, 1.54) is 45.2 Å². The van der Waals surface area contributed by atoms with Crippen molar-refractivity contribution >= 4 is 5.91 Å². The average Bonchev–Trinajstić information content (AvgIpc) is 2.45. The van der Waals surface area contributed by atoms with E-state index in [0.29, 0.717) is 18.4 Å². The van der Waals surface area contributed by atoms with E-state index in [-0.39, 0.29) is 5.91 Å². The number of nitrogens with one attached hydrogen (secondary N) is 2. The van der Waals surface area contributed by atoms with Crippen molar-refractivity contribution in [1.29, 1.82) is 0 Å². The van der Waals surface area contributed by atoms with Gasteiger partial charge in [-0.2, -0.15) is 0 Å². The van der Waals surface area contributed by atoms with Crippen molar-refractivity contribution in [2.24, 2.45) is 5.92 Å². The van der Waals surface area contributed by atoms with E-state index < -0.39 is 0 Å². The van der Waals surface area contributed by atoms with Crippen molar-refractivity contribution in [2.45, 2.75) is 51.0 Å². The Labute approximate surface area is 117 Å². The predicted octanol–water partition coefficient (Wildman–Crippen LogP) is 1.37. The average molecular weight is 267 g/mol. The largest absolute Gasteiger partial charge is 0.356 e. The summed E-state index contributed by atoms with van der Waals surface area (Å²) in [6.07, 6.45) is 7.97. The molecule has 1 amide bonds. The molecule has 2 fully saturated rings. The molecule has 2 heterocycles. The van der Waals surface area contributed by atoms with Gasteiger partial charge in [0, 0.05) is 19.0 Å². The molecular weight excluding hydrogens is 238 g/mol. The first-order chi connectivity index (χ1) is 9.24. The predicted molar refractivity (Wildman–Crippen MR) is 78.1 cm³/mol. The molecule has 19 heavy (non-hydrogen) atoms. The Morgan fingerprint density at radius 2 is 2.05 bits per heavy atom. The molecule has 0 radical (unpaired) electrons. The van der Waals surface area contributed by atoms with E-state index in [2.05, 4.69) is 22.6 Å². The minimum absolute atomic E-state index is 0.242. The van der Waals surface area contributed by atoms with Gasteiger partial charge in [-0.3, -0.25) is 4.79 Å². The van der Waals surface area contributed by atoms with E-state index >= 15 is 0 Å². The van der Waals surface area contributed by atoms with Crippen LogP contribution in [0, 0.1) is 5.92 Å². The molecule has 4 nitrogen and oxygen atoms in total. The van der Waals surface area contributed by atoms with Crippen LogP contribution in [0.4, 0.5) is 0 Å². The summed E-state index contributed by atoms with van der Waals surface area (Å²) < 4.78 is 0. The third-order valence-electron chi connectivity index (χ3n) is 4.56. The number of amides is 1. The van der Waals surface area contributed by atoms with Gasteiger partial charge in [-0.15, -0.1) is 0 Å². The fourth-order valence-corrected chi connectivity index (χ4v) is 3.09. The van der Waals surface area contributed by atoms with E-state index in [1.54, 1.807) is 0 Å². The minimum atomic E-state index is 0.242. The van der Waals surface area contributed by atoms with Crippen LogP contribution in [0.5, 0.6) is 0 Å². The standard InChI is InChI=1S/C15H29N3O/c1-18-10-7-13(8-11-18)12-17-15(19)6-5-14-4-2-3-9-16-14/h13-14,16H,2-12H2,1H3,(H,17,19). The minimum Gasteiger partial charge on any atom is -0.356 e. The molecule has 0 spiro atoms. The third kappa shape index (κ3) is 5.49. The normalized spacial score (nSPS) is 26.3. The lowest BCUT2D eigenvalue weighted by Gasteiger charge is -2.29. The van der Waals surface area contributed by atoms with E-state index in [9.17, 15) is 4.79 Å². The van der Waals surface area contributed by atoms with Crippen LogP contribution in [-0.4, -0.2) is 50.1 Å². The number of hydrogen-bond donors (Lipinski definition) is 2. The van der Waals surface area contributed by atoms with Crippen molar-refractivity contribution in [1.82, 2.24) is 15.5 Å². The number of piperidine rings is 2. The summed E-state index contributed by atoms with van der Waals surface area (Å²) in [5.41, 5.74) is 0. The van der Waals surface area contributed by atoms with Crippen LogP contribution in [0.25, 0.3) is 0 Å². The first kappa shape index (κ1) is 14.8. The van der Waals surface area contributed by atoms with Crippen molar-refractivity contribution in [2.75, 3.05) is 33.2 Å². The Morgan fingerprint density at radius 1 is 1.26 bits per heavy atom. The summed E-state index contributed by atoms with van der Waals surface area (Å²) >= 11 is 0. The number of rotatable bonds is 5. The number of carbonyl (C=O) groups is 1. The SMILES string of the molecule is CN1CCC(CNC(=O)CCC2CCCCN2)CC1. The lowest BCUT2D eigenvalue weighted by Crippen LogP contribution is -2.38. The summed E-state index contributed by atoms with van der Waals surface area (Å²) in [5, 5.41) is 6.62. The first-order valence-corrected chi connectivity index (χ1v) is 7.92. The summed E-state index contributed by atoms with van der Waals surface area (Å²) in [4.78, 5) is 14.2. The molecule has 1 atom stereocenters. The quantitative estimate of drug-likeness (QED) is 0.791. The summed E-state index contributed by atoms with van der Waals surface area (Å²) in [6, 6.07) is 0.572. The molecule has 0 aromatic carbocycles. The molecule has 2 aliphatic heterocycles. The Hall–Kier alpha value is -0.610. The number of nitrogens with zero attached hydrogens (tertiary/aromatic N) is 1. The zero-order valence-corrected chi connectivity index (χ0v) is 12.3. The van der Waals surface area contributed by atoms with Crippen molar-refractivity contribution in [3.63, 3.8) is 0 Å². The second-order valence-electron chi connectivity index (χ2n) is 6.24. The van der Waals surface area contributed by atoms with Crippen LogP contribution in [0.2, 0.25) is 0 Å². The Morgan fingerprint density at radius 3 is 2.74 bits per heavy atom. The monoisotopic (exact) mass is 267 g/mol. The molecule has 110 valence electrons. The molecule has 1 unspecified atom stereocenters. The molecule has 4 heteroatoms. The maximum absolute atomic E-state index is 11.8. The van der Waals surface area contributed by atoms with Gasteiger partial charge in [0.2, 0.25) is 5.91 Å². The van der Waals surface area contributed by atoms with Gasteiger partial charge in [0.1, 0.15) is 0 Å². The molecule has 0 aromatic rings. The lowest BCUT2D eigenvalue weighted by atomic mass is 9.97. The number of hydrogen-bond acceptors (Lipinski definition) is 3. The lowest BCUT2D eigenvalue weighted by molar-refractivity contribution is -0.121. The smallest absolute Gasteiger partial charge is 0.220 e. The highest BCUT2D eigenvalue weighted by molar-refractivity contribution is 5.75. The van der Waals surface area contributed by atoms with Gasteiger partial charge >= 0.3 is 0 Å². The van der Waals surface area contributed by atoms with E-state index in [0.717, 1.165) is 19.5 Å². The van der Waals surface area contributed by atoms with Crippen molar-refractivity contribution < 1.29 is 4.79 Å². The molecule has 2 aliphatic rings. The maximum Gasteiger partial charge on any atom is 0.220 e. The van der Waals surface area contributed by atoms with E-state index in [1.807, 2.05) is 0 Å². The van der Waals surface area contributed by atoms with Gasteiger partial charge < -0.3 is 15.5 Å². The van der Waals surface area contributed by atoms with Crippen LogP contribution >= 0.6 is 0 Å². The highest BCUT2D eigenvalue weighted by atomic mass is 16.1. The van der Waals surface area contributed by atoms with Gasteiger partial charge in [0.05, 0.1) is 0 Å². The van der Waals surface area contributed by atoms with Gasteiger partial charge in [-0.1, -0.05) is 6.42 Å². The molecular formula is C15H29N3O. The fourth-order valence-electron chi connectivity index (χ4n) is 3.09. The molecule has 0 saturated carbocycles. The zero-order chi connectivity index (χ0) is 13.5. The fraction of sp³-hybridized carbons (Fsp3) is 0.933. The third-order valence-corrected chi connectivity index (χ3v) is 4.56. The van der Waals surface area contributed by atoms with Crippen LogP contribution < -0.4 is 10.6 Å². The van der Waals surface area contributed by atoms with E-state index in [4.69, 9.17) is 0 Å². The van der Waals surface area contributed by atoms with Gasteiger partial charge in [-0.25, -0.2) is 0 Å². The summed E-state index contributed by atoms with van der Waals surface area (Å²) in [7, 11) is 2.17. The van der Waals surface area contributed by atoms with Crippen LogP contribution in [0.1, 0.15) is 44.9 Å². The van der Waals surface area contributed by atoms with Gasteiger partial charge in [-0.05, 0) is 64.7 Å². The highest BCUT2D eigenvalue weighted by Gasteiger charge is 2.18. The second-order valence-corrected chi connectivity index (χ2v) is 6.24. The molecule has 0 aromatic heterocycles. The van der Waals surface area contributed by atoms with Crippen molar-refractivity contribution in [3.8, 4) is 0 Å². The van der Waals surface area contributed by atoms with Gasteiger partial charge in [0.15, 0.2) is 0 Å². The molecule has 0 aliphatic carbocycles. The molecule has 2 N–H and O–H groups in total. The second kappa shape index (κ2) is 7.85. The highest BCUT2D eigenvalue weighted by Crippen LogP contribution is 2.15. The molecule has 2 saturated heterocycles. The Balaban J connectivity index is 1.54. The molecule has 2 rings (SSSR count). The van der Waals surface area contributed by atoms with Crippen molar-refractivity contribution in [3.05, 3.63) is 0 Å². The summed E-state index contributed by atoms with van der Waals surface area (Å²) in [5.74, 6) is 0.930. The van der Waals surface area contributed by atoms with Crippen LogP contribution in [0.15, 0.2) is 0 Å². The van der Waals surface area contributed by atoms with Crippen LogP contribution in [0.3, 0.4) is 0 Å². The summed E-state index contributed by atoms with van der Waals surface area (Å²) in [6.45, 7) is 4.35. The Kier molecular flexibility index (Phi) is 6.11. The first-order valence-electron chi connectivity index (χ1n) is 7.92. The number of carbonyl (C=O) groups excluding carboxylic acids is 1. The van der Waals surface area contributed by atoms with Crippen LogP contribution in [-0.2, 0) is 4.79 Å². The Bertz CT molecular complexity index is 269. The topological polar surface area (TPSA) is 44.4 Å². The zero-order valence-electron chi connectivity index (χ0n) is 12.3. The van der Waals surface area contributed by atoms with Gasteiger partial charge in [0.25, 0.3) is 0 Å².